The Kier molecular flexibility index (Phi) is 6.57. The van der Waals surface area contributed by atoms with Crippen LogP contribution in [0, 0.1) is 0 Å². The van der Waals surface area contributed by atoms with Crippen molar-refractivity contribution in [2.45, 2.75) is 50.2 Å². The van der Waals surface area contributed by atoms with Crippen LogP contribution in [-0.2, 0) is 11.2 Å². The SMILES string of the molecule is N[C@@H](Cc1ccccc1)C(=O)NC1CCC(Nc2ccc(O)c3c2C(=O)c2ccccc2C3=O)CC1. The normalized spacial score (nSPS) is 19.7. The Morgan fingerprint density at radius 3 is 2.08 bits per heavy atom. The maximum absolute atomic E-state index is 13.3. The van der Waals surface area contributed by atoms with Crippen molar-refractivity contribution in [3.63, 3.8) is 0 Å². The average molecular weight is 484 g/mol. The summed E-state index contributed by atoms with van der Waals surface area (Å²) in [6.45, 7) is 0. The summed E-state index contributed by atoms with van der Waals surface area (Å²) in [5.74, 6) is -0.959. The van der Waals surface area contributed by atoms with Gasteiger partial charge in [-0.15, -0.1) is 0 Å². The van der Waals surface area contributed by atoms with Crippen LogP contribution in [0.4, 0.5) is 5.69 Å². The van der Waals surface area contributed by atoms with Gasteiger partial charge >= 0.3 is 0 Å². The van der Waals surface area contributed by atoms with E-state index in [4.69, 9.17) is 5.73 Å². The Balaban J connectivity index is 1.22. The van der Waals surface area contributed by atoms with Crippen LogP contribution in [0.3, 0.4) is 0 Å². The van der Waals surface area contributed by atoms with Gasteiger partial charge in [0, 0.05) is 28.9 Å². The first-order chi connectivity index (χ1) is 17.4. The van der Waals surface area contributed by atoms with E-state index >= 15 is 0 Å². The molecule has 3 aromatic carbocycles. The third kappa shape index (κ3) is 4.62. The number of phenols is 1. The van der Waals surface area contributed by atoms with E-state index in [2.05, 4.69) is 10.6 Å². The van der Waals surface area contributed by atoms with E-state index in [0.717, 1.165) is 31.2 Å². The number of hydrogen-bond donors (Lipinski definition) is 4. The Hall–Kier alpha value is -3.97. The molecule has 0 spiro atoms. The molecule has 1 fully saturated rings. The Morgan fingerprint density at radius 2 is 1.42 bits per heavy atom. The number of carbonyl (C=O) groups excluding carboxylic acids is 3. The number of nitrogens with one attached hydrogen (secondary N) is 2. The standard InChI is InChI=1S/C29H29N3O4/c30-22(16-17-6-2-1-3-7-17)29(36)32-19-12-10-18(11-13-19)31-23-14-15-24(33)26-25(23)27(34)20-8-4-5-9-21(20)28(26)35/h1-9,14-15,18-19,22,31,33H,10-13,16,30H2,(H,32,36)/t18?,19?,22-/m0/s1. The number of ketones is 2. The lowest BCUT2D eigenvalue weighted by atomic mass is 9.82. The Morgan fingerprint density at radius 1 is 0.833 bits per heavy atom. The number of rotatable bonds is 6. The first kappa shape index (κ1) is 23.8. The molecule has 0 aromatic heterocycles. The number of carbonyl (C=O) groups is 3. The lowest BCUT2D eigenvalue weighted by molar-refractivity contribution is -0.123. The number of phenolic OH excluding ortho intramolecular Hbond substituents is 1. The summed E-state index contributed by atoms with van der Waals surface area (Å²) in [4.78, 5) is 38.9. The van der Waals surface area contributed by atoms with Gasteiger partial charge in [0.1, 0.15) is 5.75 Å². The number of benzene rings is 3. The highest BCUT2D eigenvalue weighted by molar-refractivity contribution is 6.31. The summed E-state index contributed by atoms with van der Waals surface area (Å²) < 4.78 is 0. The van der Waals surface area contributed by atoms with Gasteiger partial charge < -0.3 is 21.5 Å². The molecule has 36 heavy (non-hydrogen) atoms. The zero-order chi connectivity index (χ0) is 25.2. The molecule has 7 nitrogen and oxygen atoms in total. The number of fused-ring (bicyclic) bond motifs is 2. The Bertz CT molecular complexity index is 1310. The van der Waals surface area contributed by atoms with Crippen LogP contribution in [0.5, 0.6) is 5.75 Å². The second-order valence-electron chi connectivity index (χ2n) is 9.58. The molecule has 0 saturated heterocycles. The zero-order valence-corrected chi connectivity index (χ0v) is 19.9. The van der Waals surface area contributed by atoms with Crippen LogP contribution in [-0.4, -0.2) is 40.7 Å². The van der Waals surface area contributed by atoms with Crippen LogP contribution < -0.4 is 16.4 Å². The van der Waals surface area contributed by atoms with Gasteiger partial charge in [0.05, 0.1) is 17.2 Å². The van der Waals surface area contributed by atoms with Gasteiger partial charge in [0.25, 0.3) is 0 Å². The second-order valence-corrected chi connectivity index (χ2v) is 9.58. The zero-order valence-electron chi connectivity index (χ0n) is 19.9. The molecule has 0 bridgehead atoms. The van der Waals surface area contributed by atoms with E-state index in [0.29, 0.717) is 23.2 Å². The third-order valence-corrected chi connectivity index (χ3v) is 7.12. The van der Waals surface area contributed by atoms with Crippen molar-refractivity contribution in [1.82, 2.24) is 5.32 Å². The molecule has 0 heterocycles. The first-order valence-electron chi connectivity index (χ1n) is 12.3. The van der Waals surface area contributed by atoms with Gasteiger partial charge in [-0.3, -0.25) is 14.4 Å². The summed E-state index contributed by atoms with van der Waals surface area (Å²) >= 11 is 0. The molecule has 7 heteroatoms. The summed E-state index contributed by atoms with van der Waals surface area (Å²) in [5, 5.41) is 16.9. The predicted molar refractivity (Wildman–Crippen MR) is 137 cm³/mol. The molecule has 0 radical (unpaired) electrons. The molecule has 1 saturated carbocycles. The second kappa shape index (κ2) is 9.95. The van der Waals surface area contributed by atoms with Crippen LogP contribution in [0.2, 0.25) is 0 Å². The van der Waals surface area contributed by atoms with E-state index < -0.39 is 6.04 Å². The maximum Gasteiger partial charge on any atom is 0.237 e. The number of amides is 1. The molecule has 1 amide bonds. The summed E-state index contributed by atoms with van der Waals surface area (Å²) in [6, 6.07) is 19.0. The van der Waals surface area contributed by atoms with E-state index in [-0.39, 0.29) is 46.4 Å². The first-order valence-corrected chi connectivity index (χ1v) is 12.3. The summed E-state index contributed by atoms with van der Waals surface area (Å²) in [5.41, 5.74) is 8.64. The van der Waals surface area contributed by atoms with E-state index in [9.17, 15) is 19.5 Å². The molecule has 2 aliphatic carbocycles. The molecule has 0 unspecified atom stereocenters. The molecule has 184 valence electrons. The van der Waals surface area contributed by atoms with Gasteiger partial charge in [-0.25, -0.2) is 0 Å². The maximum atomic E-state index is 13.3. The van der Waals surface area contributed by atoms with Gasteiger partial charge in [-0.05, 0) is 49.8 Å². The molecule has 3 aromatic rings. The fourth-order valence-electron chi connectivity index (χ4n) is 5.20. The van der Waals surface area contributed by atoms with Crippen LogP contribution >= 0.6 is 0 Å². The van der Waals surface area contributed by atoms with E-state index in [1.807, 2.05) is 30.3 Å². The largest absolute Gasteiger partial charge is 0.507 e. The number of nitrogens with two attached hydrogens (primary N) is 1. The molecule has 2 aliphatic rings. The minimum absolute atomic E-state index is 0.0428. The smallest absolute Gasteiger partial charge is 0.237 e. The van der Waals surface area contributed by atoms with Gasteiger partial charge in [0.15, 0.2) is 11.6 Å². The summed E-state index contributed by atoms with van der Waals surface area (Å²) in [6.07, 6.45) is 3.61. The molecule has 5 rings (SSSR count). The van der Waals surface area contributed by atoms with Crippen molar-refractivity contribution in [1.29, 1.82) is 0 Å². The van der Waals surface area contributed by atoms with Crippen molar-refractivity contribution in [2.24, 2.45) is 5.73 Å². The summed E-state index contributed by atoms with van der Waals surface area (Å²) in [7, 11) is 0. The van der Waals surface area contributed by atoms with Crippen molar-refractivity contribution >= 4 is 23.2 Å². The van der Waals surface area contributed by atoms with Gasteiger partial charge in [-0.1, -0.05) is 54.6 Å². The van der Waals surface area contributed by atoms with E-state index in [1.165, 1.54) is 6.07 Å². The predicted octanol–water partition coefficient (Wildman–Crippen LogP) is 3.58. The molecule has 0 aliphatic heterocycles. The van der Waals surface area contributed by atoms with Crippen LogP contribution in [0.1, 0.15) is 63.1 Å². The lowest BCUT2D eigenvalue weighted by Gasteiger charge is -2.32. The van der Waals surface area contributed by atoms with Crippen molar-refractivity contribution in [3.8, 4) is 5.75 Å². The minimum atomic E-state index is -0.599. The minimum Gasteiger partial charge on any atom is -0.507 e. The Labute approximate surface area is 209 Å². The lowest BCUT2D eigenvalue weighted by Crippen LogP contribution is -2.48. The number of anilines is 1. The fraction of sp³-hybridized carbons (Fsp3) is 0.276. The average Bonchev–Trinajstić information content (AvgIpc) is 2.90. The molecular formula is C29H29N3O4. The molecule has 5 N–H and O–H groups in total. The molecular weight excluding hydrogens is 454 g/mol. The topological polar surface area (TPSA) is 122 Å². The van der Waals surface area contributed by atoms with Crippen molar-refractivity contribution < 1.29 is 19.5 Å². The quantitative estimate of drug-likeness (QED) is 0.311. The van der Waals surface area contributed by atoms with Gasteiger partial charge in [0.2, 0.25) is 5.91 Å². The monoisotopic (exact) mass is 483 g/mol. The highest BCUT2D eigenvalue weighted by atomic mass is 16.3. The fourth-order valence-corrected chi connectivity index (χ4v) is 5.20. The van der Waals surface area contributed by atoms with E-state index in [1.54, 1.807) is 30.3 Å². The molecule has 1 atom stereocenters. The number of aromatic hydroxyl groups is 1. The van der Waals surface area contributed by atoms with Crippen molar-refractivity contribution in [3.05, 3.63) is 94.5 Å². The van der Waals surface area contributed by atoms with Crippen molar-refractivity contribution in [2.75, 3.05) is 5.32 Å². The van der Waals surface area contributed by atoms with Gasteiger partial charge in [-0.2, -0.15) is 0 Å². The third-order valence-electron chi connectivity index (χ3n) is 7.12. The highest BCUT2D eigenvalue weighted by Crippen LogP contribution is 2.38. The highest BCUT2D eigenvalue weighted by Gasteiger charge is 2.34. The number of hydrogen-bond acceptors (Lipinski definition) is 6. The van der Waals surface area contributed by atoms with Crippen LogP contribution in [0.25, 0.3) is 0 Å². The van der Waals surface area contributed by atoms with Crippen LogP contribution in [0.15, 0.2) is 66.7 Å².